The standard InChI is InChI=1S/C16H20N2O/c1-11(2)8-18-9-15(10-19)16(17-18)14-6-5-12(3)13(4)7-14/h5-7,9-11H,8H2,1-4H3. The van der Waals surface area contributed by atoms with Crippen molar-refractivity contribution in [3.63, 3.8) is 0 Å². The molecule has 0 aliphatic carbocycles. The zero-order valence-corrected chi connectivity index (χ0v) is 12.0. The van der Waals surface area contributed by atoms with Crippen LogP contribution in [0.5, 0.6) is 0 Å². The van der Waals surface area contributed by atoms with E-state index in [-0.39, 0.29) is 0 Å². The molecule has 1 aromatic carbocycles. The molecule has 0 N–H and O–H groups in total. The number of hydrogen-bond donors (Lipinski definition) is 0. The van der Waals surface area contributed by atoms with Gasteiger partial charge in [-0.15, -0.1) is 0 Å². The van der Waals surface area contributed by atoms with Crippen molar-refractivity contribution < 1.29 is 4.79 Å². The van der Waals surface area contributed by atoms with Crippen molar-refractivity contribution in [3.05, 3.63) is 41.1 Å². The first-order chi connectivity index (χ1) is 9.01. The number of aromatic nitrogens is 2. The molecule has 1 heterocycles. The summed E-state index contributed by atoms with van der Waals surface area (Å²) in [5.41, 5.74) is 4.90. The third-order valence-electron chi connectivity index (χ3n) is 3.25. The third-order valence-corrected chi connectivity index (χ3v) is 3.25. The van der Waals surface area contributed by atoms with Crippen LogP contribution in [0.3, 0.4) is 0 Å². The van der Waals surface area contributed by atoms with Gasteiger partial charge in [0, 0.05) is 18.3 Å². The van der Waals surface area contributed by atoms with E-state index in [0.29, 0.717) is 11.5 Å². The second-order valence-corrected chi connectivity index (χ2v) is 5.47. The van der Waals surface area contributed by atoms with Gasteiger partial charge in [0.1, 0.15) is 5.69 Å². The fraction of sp³-hybridized carbons (Fsp3) is 0.375. The molecule has 0 saturated heterocycles. The van der Waals surface area contributed by atoms with Crippen molar-refractivity contribution >= 4 is 6.29 Å². The minimum atomic E-state index is 0.506. The van der Waals surface area contributed by atoms with Crippen molar-refractivity contribution in [3.8, 4) is 11.3 Å². The summed E-state index contributed by atoms with van der Waals surface area (Å²) in [5, 5.41) is 4.55. The molecule has 2 aromatic rings. The average molecular weight is 256 g/mol. The maximum Gasteiger partial charge on any atom is 0.153 e. The van der Waals surface area contributed by atoms with E-state index in [1.54, 1.807) is 0 Å². The number of hydrogen-bond acceptors (Lipinski definition) is 2. The molecular formula is C16H20N2O. The molecule has 0 spiro atoms. The number of benzene rings is 1. The van der Waals surface area contributed by atoms with E-state index < -0.39 is 0 Å². The number of carbonyl (C=O) groups is 1. The molecule has 3 nitrogen and oxygen atoms in total. The summed E-state index contributed by atoms with van der Waals surface area (Å²) in [5.74, 6) is 0.506. The maximum atomic E-state index is 11.2. The van der Waals surface area contributed by atoms with Gasteiger partial charge in [0.05, 0.1) is 5.56 Å². The molecule has 0 saturated carbocycles. The van der Waals surface area contributed by atoms with Crippen molar-refractivity contribution in [2.45, 2.75) is 34.2 Å². The molecule has 0 amide bonds. The van der Waals surface area contributed by atoms with Crippen LogP contribution in [0, 0.1) is 19.8 Å². The van der Waals surface area contributed by atoms with Crippen LogP contribution in [-0.2, 0) is 6.54 Å². The highest BCUT2D eigenvalue weighted by molar-refractivity contribution is 5.85. The van der Waals surface area contributed by atoms with E-state index >= 15 is 0 Å². The molecule has 0 atom stereocenters. The van der Waals surface area contributed by atoms with Crippen LogP contribution in [0.4, 0.5) is 0 Å². The molecule has 0 bridgehead atoms. The Kier molecular flexibility index (Phi) is 3.84. The molecule has 100 valence electrons. The lowest BCUT2D eigenvalue weighted by atomic mass is 10.0. The lowest BCUT2D eigenvalue weighted by Crippen LogP contribution is -2.04. The zero-order valence-electron chi connectivity index (χ0n) is 12.0. The van der Waals surface area contributed by atoms with Crippen LogP contribution in [0.25, 0.3) is 11.3 Å². The smallest absolute Gasteiger partial charge is 0.153 e. The molecule has 19 heavy (non-hydrogen) atoms. The molecule has 2 rings (SSSR count). The summed E-state index contributed by atoms with van der Waals surface area (Å²) in [6.07, 6.45) is 2.71. The second-order valence-electron chi connectivity index (χ2n) is 5.47. The first-order valence-corrected chi connectivity index (χ1v) is 6.61. The van der Waals surface area contributed by atoms with E-state index in [2.05, 4.69) is 44.9 Å². The van der Waals surface area contributed by atoms with Crippen LogP contribution in [0.15, 0.2) is 24.4 Å². The van der Waals surface area contributed by atoms with Gasteiger partial charge in [0.2, 0.25) is 0 Å². The quantitative estimate of drug-likeness (QED) is 0.783. The number of carbonyl (C=O) groups excluding carboxylic acids is 1. The van der Waals surface area contributed by atoms with Gasteiger partial charge < -0.3 is 0 Å². The van der Waals surface area contributed by atoms with Gasteiger partial charge in [0.25, 0.3) is 0 Å². The normalized spacial score (nSPS) is 11.0. The molecule has 0 aliphatic rings. The van der Waals surface area contributed by atoms with E-state index in [0.717, 1.165) is 24.1 Å². The van der Waals surface area contributed by atoms with Gasteiger partial charge in [-0.2, -0.15) is 5.10 Å². The Hall–Kier alpha value is -1.90. The van der Waals surface area contributed by atoms with Crippen molar-refractivity contribution in [2.24, 2.45) is 5.92 Å². The highest BCUT2D eigenvalue weighted by Gasteiger charge is 2.11. The monoisotopic (exact) mass is 256 g/mol. The van der Waals surface area contributed by atoms with Crippen LogP contribution >= 0.6 is 0 Å². The lowest BCUT2D eigenvalue weighted by Gasteiger charge is -2.05. The van der Waals surface area contributed by atoms with E-state index in [1.165, 1.54) is 11.1 Å². The molecule has 3 heteroatoms. The summed E-state index contributed by atoms with van der Waals surface area (Å²) in [6.45, 7) is 9.25. The lowest BCUT2D eigenvalue weighted by molar-refractivity contribution is 0.112. The minimum Gasteiger partial charge on any atom is -0.298 e. The van der Waals surface area contributed by atoms with Crippen LogP contribution in [-0.4, -0.2) is 16.1 Å². The van der Waals surface area contributed by atoms with Gasteiger partial charge in [-0.25, -0.2) is 0 Å². The number of nitrogens with zero attached hydrogens (tertiary/aromatic N) is 2. The number of aldehydes is 1. The predicted molar refractivity (Wildman–Crippen MR) is 77.4 cm³/mol. The van der Waals surface area contributed by atoms with Crippen molar-refractivity contribution in [1.82, 2.24) is 9.78 Å². The van der Waals surface area contributed by atoms with E-state index in [9.17, 15) is 4.79 Å². The molecule has 0 aliphatic heterocycles. The molecular weight excluding hydrogens is 236 g/mol. The Labute approximate surface area is 114 Å². The van der Waals surface area contributed by atoms with Crippen molar-refractivity contribution in [1.29, 1.82) is 0 Å². The van der Waals surface area contributed by atoms with Crippen molar-refractivity contribution in [2.75, 3.05) is 0 Å². The summed E-state index contributed by atoms with van der Waals surface area (Å²) < 4.78 is 1.86. The fourth-order valence-corrected chi connectivity index (χ4v) is 2.10. The number of rotatable bonds is 4. The van der Waals surface area contributed by atoms with Gasteiger partial charge in [-0.3, -0.25) is 9.48 Å². The topological polar surface area (TPSA) is 34.9 Å². The third kappa shape index (κ3) is 2.92. The Morgan fingerprint density at radius 1 is 1.26 bits per heavy atom. The molecule has 0 fully saturated rings. The van der Waals surface area contributed by atoms with Gasteiger partial charge in [0.15, 0.2) is 6.29 Å². The first-order valence-electron chi connectivity index (χ1n) is 6.61. The zero-order chi connectivity index (χ0) is 14.0. The Balaban J connectivity index is 2.45. The predicted octanol–water partition coefficient (Wildman–Crippen LogP) is 3.64. The summed E-state index contributed by atoms with van der Waals surface area (Å²) >= 11 is 0. The first kappa shape index (κ1) is 13.5. The van der Waals surface area contributed by atoms with E-state index in [1.807, 2.05) is 16.9 Å². The van der Waals surface area contributed by atoms with Gasteiger partial charge >= 0.3 is 0 Å². The summed E-state index contributed by atoms with van der Waals surface area (Å²) in [6, 6.07) is 6.18. The largest absolute Gasteiger partial charge is 0.298 e. The Bertz CT molecular complexity index is 597. The Morgan fingerprint density at radius 3 is 2.58 bits per heavy atom. The molecule has 0 unspecified atom stereocenters. The minimum absolute atomic E-state index is 0.506. The summed E-state index contributed by atoms with van der Waals surface area (Å²) in [4.78, 5) is 11.2. The average Bonchev–Trinajstić information content (AvgIpc) is 2.74. The Morgan fingerprint density at radius 2 is 2.00 bits per heavy atom. The van der Waals surface area contributed by atoms with Crippen LogP contribution in [0.1, 0.15) is 35.3 Å². The molecule has 1 aromatic heterocycles. The van der Waals surface area contributed by atoms with E-state index in [4.69, 9.17) is 0 Å². The SMILES string of the molecule is Cc1ccc(-c2nn(CC(C)C)cc2C=O)cc1C. The fourth-order valence-electron chi connectivity index (χ4n) is 2.10. The second kappa shape index (κ2) is 5.39. The summed E-state index contributed by atoms with van der Waals surface area (Å²) in [7, 11) is 0. The highest BCUT2D eigenvalue weighted by Crippen LogP contribution is 2.23. The van der Waals surface area contributed by atoms with Crippen LogP contribution < -0.4 is 0 Å². The highest BCUT2D eigenvalue weighted by atomic mass is 16.1. The van der Waals surface area contributed by atoms with Gasteiger partial charge in [-0.1, -0.05) is 26.0 Å². The van der Waals surface area contributed by atoms with Gasteiger partial charge in [-0.05, 0) is 37.0 Å². The molecule has 0 radical (unpaired) electrons. The number of aryl methyl sites for hydroxylation is 2. The maximum absolute atomic E-state index is 11.2. The van der Waals surface area contributed by atoms with Crippen LogP contribution in [0.2, 0.25) is 0 Å².